The monoisotopic (exact) mass is 346 g/mol. The third-order valence-corrected chi connectivity index (χ3v) is 4.24. The second kappa shape index (κ2) is 5.66. The summed E-state index contributed by atoms with van der Waals surface area (Å²) in [5, 5.41) is 10.9. The van der Waals surface area contributed by atoms with Gasteiger partial charge < -0.3 is 19.6 Å². The van der Waals surface area contributed by atoms with Crippen molar-refractivity contribution in [2.45, 2.75) is 12.1 Å². The van der Waals surface area contributed by atoms with Crippen molar-refractivity contribution in [1.29, 1.82) is 0 Å². The average molecular weight is 347 g/mol. The minimum atomic E-state index is -0.994. The van der Waals surface area contributed by atoms with Crippen molar-refractivity contribution in [1.82, 2.24) is 9.55 Å². The molecule has 1 aliphatic heterocycles. The Bertz CT molecular complexity index is 941. The van der Waals surface area contributed by atoms with Crippen LogP contribution in [0.25, 0.3) is 11.0 Å². The van der Waals surface area contributed by atoms with Crippen LogP contribution in [0.2, 0.25) is 5.02 Å². The lowest BCUT2D eigenvalue weighted by atomic mass is 10.0. The molecule has 0 amide bonds. The second-order valence-corrected chi connectivity index (χ2v) is 6.40. The minimum Gasteiger partial charge on any atom is -0.457 e. The van der Waals surface area contributed by atoms with Gasteiger partial charge in [-0.15, -0.1) is 0 Å². The smallest absolute Gasteiger partial charge is 0.326 e. The van der Waals surface area contributed by atoms with Crippen LogP contribution in [0, 0.1) is 0 Å². The van der Waals surface area contributed by atoms with E-state index in [9.17, 15) is 9.90 Å². The Hall–Kier alpha value is -2.28. The van der Waals surface area contributed by atoms with E-state index in [-0.39, 0.29) is 25.4 Å². The van der Waals surface area contributed by atoms with Crippen LogP contribution in [0.3, 0.4) is 0 Å². The Kier molecular flexibility index (Phi) is 3.60. The molecule has 2 aromatic carbocycles. The molecule has 2 heterocycles. The van der Waals surface area contributed by atoms with E-state index in [1.54, 1.807) is 42.5 Å². The summed E-state index contributed by atoms with van der Waals surface area (Å²) in [4.78, 5) is 14.9. The van der Waals surface area contributed by atoms with Crippen LogP contribution in [0.1, 0.15) is 0 Å². The fourth-order valence-electron chi connectivity index (χ4n) is 2.72. The van der Waals surface area contributed by atoms with Gasteiger partial charge in [-0.1, -0.05) is 11.6 Å². The summed E-state index contributed by atoms with van der Waals surface area (Å²) in [6.45, 7) is 0.635. The molecule has 2 N–H and O–H groups in total. The van der Waals surface area contributed by atoms with Gasteiger partial charge in [-0.3, -0.25) is 4.57 Å². The van der Waals surface area contributed by atoms with Gasteiger partial charge in [-0.05, 0) is 36.4 Å². The van der Waals surface area contributed by atoms with Gasteiger partial charge >= 0.3 is 5.69 Å². The fraction of sp³-hybridized carbons (Fsp3) is 0.235. The number of halogens is 1. The number of aromatic amines is 1. The molecule has 6 nitrogen and oxygen atoms in total. The molecule has 1 aromatic heterocycles. The highest BCUT2D eigenvalue weighted by Crippen LogP contribution is 2.27. The van der Waals surface area contributed by atoms with Crippen molar-refractivity contribution in [3.05, 3.63) is 58.0 Å². The van der Waals surface area contributed by atoms with Crippen LogP contribution < -0.4 is 10.4 Å². The number of hydrogen-bond acceptors (Lipinski definition) is 4. The van der Waals surface area contributed by atoms with Crippen molar-refractivity contribution in [3.63, 3.8) is 0 Å². The van der Waals surface area contributed by atoms with Gasteiger partial charge in [-0.2, -0.15) is 0 Å². The zero-order chi connectivity index (χ0) is 16.7. The number of aromatic nitrogens is 2. The maximum absolute atomic E-state index is 12.2. The maximum Gasteiger partial charge on any atom is 0.326 e. The quantitative estimate of drug-likeness (QED) is 0.761. The molecule has 0 bridgehead atoms. The van der Waals surface area contributed by atoms with Crippen molar-refractivity contribution >= 4 is 22.6 Å². The van der Waals surface area contributed by atoms with E-state index >= 15 is 0 Å². The number of nitrogens with one attached hydrogen (secondary N) is 1. The van der Waals surface area contributed by atoms with Gasteiger partial charge in [0.15, 0.2) is 0 Å². The van der Waals surface area contributed by atoms with Gasteiger partial charge in [0.2, 0.25) is 0 Å². The van der Waals surface area contributed by atoms with E-state index in [0.717, 1.165) is 0 Å². The first-order valence-corrected chi connectivity index (χ1v) is 7.86. The highest BCUT2D eigenvalue weighted by molar-refractivity contribution is 6.30. The summed E-state index contributed by atoms with van der Waals surface area (Å²) in [6.07, 6.45) is 0. The van der Waals surface area contributed by atoms with Crippen LogP contribution in [-0.4, -0.2) is 33.5 Å². The van der Waals surface area contributed by atoms with E-state index in [4.69, 9.17) is 21.1 Å². The first kappa shape index (κ1) is 15.3. The summed E-state index contributed by atoms with van der Waals surface area (Å²) < 4.78 is 12.3. The van der Waals surface area contributed by atoms with Crippen LogP contribution in [0.4, 0.5) is 0 Å². The van der Waals surface area contributed by atoms with Crippen molar-refractivity contribution in [2.24, 2.45) is 0 Å². The van der Waals surface area contributed by atoms with Crippen molar-refractivity contribution in [2.75, 3.05) is 13.2 Å². The fourth-order valence-corrected chi connectivity index (χ4v) is 2.84. The van der Waals surface area contributed by atoms with E-state index in [0.29, 0.717) is 27.6 Å². The summed E-state index contributed by atoms with van der Waals surface area (Å²) in [5.74, 6) is 1.24. The molecule has 124 valence electrons. The largest absolute Gasteiger partial charge is 0.457 e. The van der Waals surface area contributed by atoms with E-state index < -0.39 is 5.60 Å². The normalized spacial score (nSPS) is 16.1. The Morgan fingerprint density at radius 1 is 1.21 bits per heavy atom. The Balaban J connectivity index is 1.68. The number of imidazole rings is 1. The van der Waals surface area contributed by atoms with Gasteiger partial charge in [0.1, 0.15) is 17.1 Å². The Labute approximate surface area is 142 Å². The van der Waals surface area contributed by atoms with Crippen molar-refractivity contribution < 1.29 is 14.6 Å². The molecule has 0 radical (unpaired) electrons. The Morgan fingerprint density at radius 3 is 2.58 bits per heavy atom. The molecule has 0 atom stereocenters. The molecule has 0 spiro atoms. The average Bonchev–Trinajstić information content (AvgIpc) is 2.84. The molecule has 0 aliphatic carbocycles. The summed E-state index contributed by atoms with van der Waals surface area (Å²) in [6, 6.07) is 12.3. The zero-order valence-electron chi connectivity index (χ0n) is 12.7. The van der Waals surface area contributed by atoms with Crippen molar-refractivity contribution in [3.8, 4) is 11.5 Å². The molecule has 1 saturated heterocycles. The number of aliphatic hydroxyl groups is 1. The maximum atomic E-state index is 12.2. The SMILES string of the molecule is O=c1[nH]c2ccc(Oc3ccc(Cl)cc3)cc2n1CC1(O)COC1. The molecule has 4 rings (SSSR count). The molecular weight excluding hydrogens is 332 g/mol. The number of rotatable bonds is 4. The third kappa shape index (κ3) is 2.80. The lowest BCUT2D eigenvalue weighted by Gasteiger charge is -2.36. The van der Waals surface area contributed by atoms with E-state index in [1.165, 1.54) is 4.57 Å². The van der Waals surface area contributed by atoms with Crippen LogP contribution in [0.15, 0.2) is 47.3 Å². The summed E-state index contributed by atoms with van der Waals surface area (Å²) in [7, 11) is 0. The molecule has 0 saturated carbocycles. The van der Waals surface area contributed by atoms with Crippen LogP contribution >= 0.6 is 11.6 Å². The highest BCUT2D eigenvalue weighted by atomic mass is 35.5. The van der Waals surface area contributed by atoms with Gasteiger partial charge in [0, 0.05) is 11.1 Å². The zero-order valence-corrected chi connectivity index (χ0v) is 13.4. The van der Waals surface area contributed by atoms with Crippen LogP contribution in [0.5, 0.6) is 11.5 Å². The highest BCUT2D eigenvalue weighted by Gasteiger charge is 2.37. The first-order chi connectivity index (χ1) is 11.5. The molecule has 1 fully saturated rings. The molecule has 3 aromatic rings. The lowest BCUT2D eigenvalue weighted by Crippen LogP contribution is -2.53. The summed E-state index contributed by atoms with van der Waals surface area (Å²) >= 11 is 5.87. The first-order valence-electron chi connectivity index (χ1n) is 7.49. The number of ether oxygens (including phenoxy) is 2. The molecule has 7 heteroatoms. The van der Waals surface area contributed by atoms with Crippen LogP contribution in [-0.2, 0) is 11.3 Å². The molecule has 1 aliphatic rings. The number of H-pyrrole nitrogens is 1. The Morgan fingerprint density at radius 2 is 1.92 bits per heavy atom. The predicted molar refractivity (Wildman–Crippen MR) is 89.9 cm³/mol. The molecule has 24 heavy (non-hydrogen) atoms. The number of fused-ring (bicyclic) bond motifs is 1. The standard InChI is InChI=1S/C17H15ClN2O4/c18-11-1-3-12(4-2-11)24-13-5-6-14-15(7-13)20(16(21)19-14)8-17(22)9-23-10-17/h1-7,22H,8-10H2,(H,19,21). The van der Waals surface area contributed by atoms with E-state index in [2.05, 4.69) is 4.98 Å². The van der Waals surface area contributed by atoms with E-state index in [1.807, 2.05) is 0 Å². The number of hydrogen-bond donors (Lipinski definition) is 2. The second-order valence-electron chi connectivity index (χ2n) is 5.97. The van der Waals surface area contributed by atoms with Gasteiger partial charge in [-0.25, -0.2) is 4.79 Å². The molecule has 0 unspecified atom stereocenters. The van der Waals surface area contributed by atoms with Gasteiger partial charge in [0.05, 0.1) is 30.8 Å². The predicted octanol–water partition coefficient (Wildman–Crippen LogP) is 2.54. The van der Waals surface area contributed by atoms with Gasteiger partial charge in [0.25, 0.3) is 0 Å². The topological polar surface area (TPSA) is 76.5 Å². The number of benzene rings is 2. The minimum absolute atomic E-state index is 0.177. The third-order valence-electron chi connectivity index (χ3n) is 3.99. The molecular formula is C17H15ClN2O4. The number of nitrogens with zero attached hydrogens (tertiary/aromatic N) is 1. The summed E-state index contributed by atoms with van der Waals surface area (Å²) in [5.41, 5.74) is 0.0967. The lowest BCUT2D eigenvalue weighted by molar-refractivity contribution is -0.184.